The number of guanidine groups is 1. The van der Waals surface area contributed by atoms with Crippen LogP contribution >= 0.6 is 24.0 Å². The molecular weight excluding hydrogens is 407 g/mol. The maximum Gasteiger partial charge on any atom is 0.239 e. The zero-order chi connectivity index (χ0) is 15.8. The van der Waals surface area contributed by atoms with Crippen LogP contribution in [0.4, 0.5) is 0 Å². The molecule has 2 rings (SSSR count). The van der Waals surface area contributed by atoms with Crippen LogP contribution in [0.2, 0.25) is 0 Å². The van der Waals surface area contributed by atoms with Crippen molar-refractivity contribution in [3.8, 4) is 0 Å². The molecule has 1 aromatic heterocycles. The predicted molar refractivity (Wildman–Crippen MR) is 102 cm³/mol. The number of aromatic nitrogens is 2. The summed E-state index contributed by atoms with van der Waals surface area (Å²) in [5, 5.41) is 13.4. The first-order valence-corrected chi connectivity index (χ1v) is 7.90. The lowest BCUT2D eigenvalue weighted by atomic mass is 9.95. The molecule has 1 aromatic rings. The van der Waals surface area contributed by atoms with E-state index in [1.54, 1.807) is 17.9 Å². The lowest BCUT2D eigenvalue weighted by Crippen LogP contribution is -2.45. The van der Waals surface area contributed by atoms with Crippen molar-refractivity contribution in [1.82, 2.24) is 25.7 Å². The Morgan fingerprint density at radius 1 is 1.35 bits per heavy atom. The molecule has 1 aliphatic rings. The van der Waals surface area contributed by atoms with Crippen molar-refractivity contribution in [1.29, 1.82) is 0 Å². The number of hydrogen-bond acceptors (Lipinski definition) is 3. The second-order valence-corrected chi connectivity index (χ2v) is 5.63. The van der Waals surface area contributed by atoms with E-state index in [4.69, 9.17) is 0 Å². The van der Waals surface area contributed by atoms with Crippen molar-refractivity contribution in [2.75, 3.05) is 13.6 Å². The Morgan fingerprint density at radius 2 is 2.09 bits per heavy atom. The van der Waals surface area contributed by atoms with Gasteiger partial charge in [-0.25, -0.2) is 0 Å². The van der Waals surface area contributed by atoms with E-state index in [0.29, 0.717) is 18.5 Å². The van der Waals surface area contributed by atoms with Crippen LogP contribution in [-0.2, 0) is 18.4 Å². The van der Waals surface area contributed by atoms with Gasteiger partial charge in [-0.05, 0) is 18.9 Å². The van der Waals surface area contributed by atoms with Crippen LogP contribution in [0.15, 0.2) is 17.3 Å². The molecule has 0 aromatic carbocycles. The maximum atomic E-state index is 11.9. The Hall–Kier alpha value is -1.32. The molecule has 0 atom stereocenters. The topological polar surface area (TPSA) is 83.3 Å². The first kappa shape index (κ1) is 19.7. The van der Waals surface area contributed by atoms with Crippen LogP contribution in [-0.4, -0.2) is 41.3 Å². The van der Waals surface area contributed by atoms with Crippen molar-refractivity contribution >= 4 is 35.8 Å². The summed E-state index contributed by atoms with van der Waals surface area (Å²) in [6, 6.07) is 2.28. The van der Waals surface area contributed by atoms with Crippen molar-refractivity contribution in [3.05, 3.63) is 18.0 Å². The van der Waals surface area contributed by atoms with Gasteiger partial charge in [-0.2, -0.15) is 5.10 Å². The van der Waals surface area contributed by atoms with Gasteiger partial charge in [0.05, 0.1) is 18.8 Å². The monoisotopic (exact) mass is 434 g/mol. The summed E-state index contributed by atoms with van der Waals surface area (Å²) in [4.78, 5) is 16.1. The van der Waals surface area contributed by atoms with E-state index in [0.717, 1.165) is 18.5 Å². The molecule has 1 heterocycles. The third-order valence-electron chi connectivity index (χ3n) is 3.97. The number of aryl methyl sites for hydroxylation is 1. The predicted octanol–water partition coefficient (Wildman–Crippen LogP) is 1.15. The number of amides is 1. The highest BCUT2D eigenvalue weighted by Crippen LogP contribution is 2.16. The average Bonchev–Trinajstić information content (AvgIpc) is 2.94. The van der Waals surface area contributed by atoms with E-state index < -0.39 is 0 Å². The van der Waals surface area contributed by atoms with Crippen LogP contribution in [0.1, 0.15) is 37.8 Å². The van der Waals surface area contributed by atoms with Crippen LogP contribution < -0.4 is 16.0 Å². The minimum atomic E-state index is 0. The molecule has 23 heavy (non-hydrogen) atoms. The minimum Gasteiger partial charge on any atom is -0.352 e. The van der Waals surface area contributed by atoms with E-state index in [1.807, 2.05) is 13.1 Å². The number of aliphatic imine (C=N–C) groups is 1. The van der Waals surface area contributed by atoms with Crippen molar-refractivity contribution in [2.45, 2.75) is 44.7 Å². The molecule has 3 N–H and O–H groups in total. The molecule has 1 aliphatic carbocycles. The van der Waals surface area contributed by atoms with Gasteiger partial charge in [0.1, 0.15) is 0 Å². The molecule has 0 spiro atoms. The van der Waals surface area contributed by atoms with Gasteiger partial charge in [-0.15, -0.1) is 24.0 Å². The molecule has 0 saturated heterocycles. The Labute approximate surface area is 154 Å². The molecule has 0 unspecified atom stereocenters. The first-order valence-electron chi connectivity index (χ1n) is 7.90. The van der Waals surface area contributed by atoms with E-state index in [1.165, 1.54) is 19.3 Å². The van der Waals surface area contributed by atoms with E-state index in [9.17, 15) is 4.79 Å². The first-order chi connectivity index (χ1) is 10.7. The third-order valence-corrected chi connectivity index (χ3v) is 3.97. The Morgan fingerprint density at radius 3 is 2.70 bits per heavy atom. The minimum absolute atomic E-state index is 0. The lowest BCUT2D eigenvalue weighted by Gasteiger charge is -2.23. The normalized spacial score (nSPS) is 15.7. The standard InChI is InChI=1S/C15H26N6O.HI/c1-16-15(17-10-13-8-9-19-21(13)2)18-11-14(22)20-12-6-4-3-5-7-12;/h8-9,12H,3-7,10-11H2,1-2H3,(H,20,22)(H2,16,17,18);1H. The molecular formula is C15H27IN6O. The summed E-state index contributed by atoms with van der Waals surface area (Å²) < 4.78 is 1.80. The van der Waals surface area contributed by atoms with Crippen molar-refractivity contribution in [3.63, 3.8) is 0 Å². The Balaban J connectivity index is 0.00000264. The smallest absolute Gasteiger partial charge is 0.239 e. The van der Waals surface area contributed by atoms with Crippen molar-refractivity contribution in [2.24, 2.45) is 12.0 Å². The van der Waals surface area contributed by atoms with Crippen LogP contribution in [0.3, 0.4) is 0 Å². The van der Waals surface area contributed by atoms with Gasteiger partial charge in [-0.1, -0.05) is 19.3 Å². The summed E-state index contributed by atoms with van der Waals surface area (Å²) >= 11 is 0. The molecule has 1 fully saturated rings. The van der Waals surface area contributed by atoms with E-state index in [-0.39, 0.29) is 36.4 Å². The highest BCUT2D eigenvalue weighted by atomic mass is 127. The maximum absolute atomic E-state index is 11.9. The molecule has 8 heteroatoms. The molecule has 130 valence electrons. The molecule has 1 saturated carbocycles. The zero-order valence-corrected chi connectivity index (χ0v) is 16.2. The lowest BCUT2D eigenvalue weighted by molar-refractivity contribution is -0.120. The number of rotatable bonds is 5. The van der Waals surface area contributed by atoms with E-state index >= 15 is 0 Å². The molecule has 7 nitrogen and oxygen atoms in total. The van der Waals surface area contributed by atoms with Crippen LogP contribution in [0.25, 0.3) is 0 Å². The van der Waals surface area contributed by atoms with Gasteiger partial charge in [0, 0.05) is 26.3 Å². The average molecular weight is 434 g/mol. The molecule has 0 radical (unpaired) electrons. The second kappa shape index (κ2) is 10.5. The zero-order valence-electron chi connectivity index (χ0n) is 13.8. The van der Waals surface area contributed by atoms with Gasteiger partial charge in [0.2, 0.25) is 5.91 Å². The summed E-state index contributed by atoms with van der Waals surface area (Å²) in [5.41, 5.74) is 1.05. The Kier molecular flexibility index (Phi) is 8.97. The van der Waals surface area contributed by atoms with Gasteiger partial charge >= 0.3 is 0 Å². The van der Waals surface area contributed by atoms with Gasteiger partial charge < -0.3 is 16.0 Å². The number of nitrogens with one attached hydrogen (secondary N) is 3. The number of nitrogens with zero attached hydrogens (tertiary/aromatic N) is 3. The Bertz CT molecular complexity index is 510. The fourth-order valence-electron chi connectivity index (χ4n) is 2.66. The van der Waals surface area contributed by atoms with Crippen LogP contribution in [0, 0.1) is 0 Å². The fourth-order valence-corrected chi connectivity index (χ4v) is 2.66. The van der Waals surface area contributed by atoms with Crippen LogP contribution in [0.5, 0.6) is 0 Å². The number of hydrogen-bond donors (Lipinski definition) is 3. The summed E-state index contributed by atoms with van der Waals surface area (Å²) in [7, 11) is 3.59. The fraction of sp³-hybridized carbons (Fsp3) is 0.667. The van der Waals surface area contributed by atoms with E-state index in [2.05, 4.69) is 26.0 Å². The molecule has 0 bridgehead atoms. The largest absolute Gasteiger partial charge is 0.352 e. The number of carbonyl (C=O) groups is 1. The second-order valence-electron chi connectivity index (χ2n) is 5.63. The summed E-state index contributed by atoms with van der Waals surface area (Å²) in [5.74, 6) is 0.635. The summed E-state index contributed by atoms with van der Waals surface area (Å²) in [6.45, 7) is 0.849. The molecule has 1 amide bonds. The number of carbonyl (C=O) groups excluding carboxylic acids is 1. The highest BCUT2D eigenvalue weighted by Gasteiger charge is 2.15. The van der Waals surface area contributed by atoms with Gasteiger partial charge in [0.25, 0.3) is 0 Å². The number of halogens is 1. The quantitative estimate of drug-likeness (QED) is 0.369. The SMILES string of the molecule is CN=C(NCC(=O)NC1CCCCC1)NCc1ccnn1C.I. The van der Waals surface area contributed by atoms with Crippen molar-refractivity contribution < 1.29 is 4.79 Å². The highest BCUT2D eigenvalue weighted by molar-refractivity contribution is 14.0. The third kappa shape index (κ3) is 6.76. The van der Waals surface area contributed by atoms with Gasteiger partial charge in [0.15, 0.2) is 5.96 Å². The summed E-state index contributed by atoms with van der Waals surface area (Å²) in [6.07, 6.45) is 7.66. The molecule has 0 aliphatic heterocycles. The van der Waals surface area contributed by atoms with Gasteiger partial charge in [-0.3, -0.25) is 14.5 Å².